The van der Waals surface area contributed by atoms with Gasteiger partial charge in [-0.05, 0) is 37.0 Å². The van der Waals surface area contributed by atoms with Gasteiger partial charge in [-0.15, -0.1) is 0 Å². The van der Waals surface area contributed by atoms with Crippen molar-refractivity contribution in [2.45, 2.75) is 26.2 Å². The number of pyridine rings is 1. The molecule has 0 aliphatic carbocycles. The van der Waals surface area contributed by atoms with E-state index in [9.17, 15) is 0 Å². The Balaban J connectivity index is 1.95. The van der Waals surface area contributed by atoms with Crippen LogP contribution in [0.2, 0.25) is 0 Å². The topological polar surface area (TPSA) is 42.1 Å². The third-order valence-electron chi connectivity index (χ3n) is 4.36. The van der Waals surface area contributed by atoms with Gasteiger partial charge in [0.2, 0.25) is 0 Å². The molecule has 2 aromatic rings. The van der Waals surface area contributed by atoms with Gasteiger partial charge in [-0.3, -0.25) is 4.98 Å². The Morgan fingerprint density at radius 1 is 1.21 bits per heavy atom. The molecule has 3 heteroatoms. The third-order valence-corrected chi connectivity index (χ3v) is 4.36. The van der Waals surface area contributed by atoms with Crippen LogP contribution in [0.4, 0.5) is 11.4 Å². The standard InChI is InChI=1S/C16H21N3/c1-2-12-6-9-19(10-7-12)16-4-3-15(17)13-5-8-18-11-14(13)16/h3-5,8,11-12H,2,6-7,9-10,17H2,1H3. The number of fused-ring (bicyclic) bond motifs is 1. The van der Waals surface area contributed by atoms with E-state index >= 15 is 0 Å². The summed E-state index contributed by atoms with van der Waals surface area (Å²) >= 11 is 0. The molecule has 1 fully saturated rings. The minimum Gasteiger partial charge on any atom is -0.398 e. The third kappa shape index (κ3) is 2.25. The zero-order chi connectivity index (χ0) is 13.2. The van der Waals surface area contributed by atoms with Crippen molar-refractivity contribution in [1.29, 1.82) is 0 Å². The molecule has 0 radical (unpaired) electrons. The molecule has 2 N–H and O–H groups in total. The van der Waals surface area contributed by atoms with E-state index in [4.69, 9.17) is 5.73 Å². The summed E-state index contributed by atoms with van der Waals surface area (Å²) in [5.41, 5.74) is 8.17. The van der Waals surface area contributed by atoms with Crippen LogP contribution in [0.25, 0.3) is 10.8 Å². The van der Waals surface area contributed by atoms with Gasteiger partial charge in [0.25, 0.3) is 0 Å². The summed E-state index contributed by atoms with van der Waals surface area (Å²) in [6.45, 7) is 4.59. The normalized spacial score (nSPS) is 17.0. The second-order valence-corrected chi connectivity index (χ2v) is 5.43. The van der Waals surface area contributed by atoms with Crippen molar-refractivity contribution in [2.75, 3.05) is 23.7 Å². The maximum atomic E-state index is 6.05. The summed E-state index contributed by atoms with van der Waals surface area (Å²) < 4.78 is 0. The van der Waals surface area contributed by atoms with E-state index in [1.165, 1.54) is 30.3 Å². The molecule has 0 amide bonds. The van der Waals surface area contributed by atoms with Gasteiger partial charge in [0.15, 0.2) is 0 Å². The van der Waals surface area contributed by atoms with Crippen LogP contribution < -0.4 is 10.6 Å². The lowest BCUT2D eigenvalue weighted by molar-refractivity contribution is 0.395. The molecule has 2 heterocycles. The van der Waals surface area contributed by atoms with E-state index in [0.29, 0.717) is 0 Å². The highest BCUT2D eigenvalue weighted by Crippen LogP contribution is 2.33. The fraction of sp³-hybridized carbons (Fsp3) is 0.438. The van der Waals surface area contributed by atoms with E-state index in [-0.39, 0.29) is 0 Å². The van der Waals surface area contributed by atoms with Crippen molar-refractivity contribution >= 4 is 22.1 Å². The molecular formula is C16H21N3. The Hall–Kier alpha value is -1.77. The highest BCUT2D eigenvalue weighted by molar-refractivity contribution is 6.00. The van der Waals surface area contributed by atoms with E-state index in [1.54, 1.807) is 0 Å². The number of aromatic nitrogens is 1. The summed E-state index contributed by atoms with van der Waals surface area (Å²) in [5.74, 6) is 0.898. The molecule has 1 aliphatic rings. The van der Waals surface area contributed by atoms with Crippen molar-refractivity contribution < 1.29 is 0 Å². The van der Waals surface area contributed by atoms with Gasteiger partial charge < -0.3 is 10.6 Å². The van der Waals surface area contributed by atoms with E-state index in [1.807, 2.05) is 24.5 Å². The van der Waals surface area contributed by atoms with Crippen LogP contribution in [-0.4, -0.2) is 18.1 Å². The fourth-order valence-corrected chi connectivity index (χ4v) is 3.06. The Kier molecular flexibility index (Phi) is 3.28. The number of hydrogen-bond acceptors (Lipinski definition) is 3. The van der Waals surface area contributed by atoms with Crippen molar-refractivity contribution in [3.05, 3.63) is 30.6 Å². The van der Waals surface area contributed by atoms with Crippen LogP contribution in [0.1, 0.15) is 26.2 Å². The molecular weight excluding hydrogens is 234 g/mol. The first kappa shape index (κ1) is 12.3. The molecule has 3 rings (SSSR count). The van der Waals surface area contributed by atoms with Crippen LogP contribution in [0.5, 0.6) is 0 Å². The van der Waals surface area contributed by atoms with Gasteiger partial charge in [-0.1, -0.05) is 13.3 Å². The maximum Gasteiger partial charge on any atom is 0.0463 e. The van der Waals surface area contributed by atoms with E-state index in [0.717, 1.165) is 30.1 Å². The zero-order valence-electron chi connectivity index (χ0n) is 11.5. The largest absolute Gasteiger partial charge is 0.398 e. The van der Waals surface area contributed by atoms with Gasteiger partial charge in [0.05, 0.1) is 0 Å². The maximum absolute atomic E-state index is 6.05. The summed E-state index contributed by atoms with van der Waals surface area (Å²) in [5, 5.41) is 2.29. The number of anilines is 2. The SMILES string of the molecule is CCC1CCN(c2ccc(N)c3ccncc23)CC1. The minimum absolute atomic E-state index is 0.838. The fourth-order valence-electron chi connectivity index (χ4n) is 3.06. The number of piperidine rings is 1. The second kappa shape index (κ2) is 5.08. The predicted octanol–water partition coefficient (Wildman–Crippen LogP) is 3.44. The van der Waals surface area contributed by atoms with Crippen LogP contribution in [0.15, 0.2) is 30.6 Å². The molecule has 1 aliphatic heterocycles. The molecule has 0 atom stereocenters. The van der Waals surface area contributed by atoms with Gasteiger partial charge in [-0.25, -0.2) is 0 Å². The van der Waals surface area contributed by atoms with Crippen molar-refractivity contribution in [3.63, 3.8) is 0 Å². The molecule has 0 unspecified atom stereocenters. The number of benzene rings is 1. The van der Waals surface area contributed by atoms with Gasteiger partial charge in [-0.2, -0.15) is 0 Å². The molecule has 100 valence electrons. The smallest absolute Gasteiger partial charge is 0.0463 e. The van der Waals surface area contributed by atoms with Gasteiger partial charge in [0.1, 0.15) is 0 Å². The van der Waals surface area contributed by atoms with Crippen LogP contribution in [0.3, 0.4) is 0 Å². The molecule has 19 heavy (non-hydrogen) atoms. The number of nitrogens with two attached hydrogens (primary N) is 1. The number of rotatable bonds is 2. The van der Waals surface area contributed by atoms with Crippen LogP contribution >= 0.6 is 0 Å². The Bertz CT molecular complexity index is 571. The number of nitrogen functional groups attached to an aromatic ring is 1. The lowest BCUT2D eigenvalue weighted by Gasteiger charge is -2.34. The number of nitrogens with zero attached hydrogens (tertiary/aromatic N) is 2. The predicted molar refractivity (Wildman–Crippen MR) is 81.4 cm³/mol. The van der Waals surface area contributed by atoms with Gasteiger partial charge in [0, 0.05) is 47.6 Å². The van der Waals surface area contributed by atoms with E-state index < -0.39 is 0 Å². The first-order valence-corrected chi connectivity index (χ1v) is 7.16. The highest BCUT2D eigenvalue weighted by atomic mass is 15.1. The Labute approximate surface area is 114 Å². The first-order chi connectivity index (χ1) is 9.29. The molecule has 1 aromatic heterocycles. The second-order valence-electron chi connectivity index (χ2n) is 5.43. The van der Waals surface area contributed by atoms with Gasteiger partial charge >= 0.3 is 0 Å². The van der Waals surface area contributed by atoms with Crippen molar-refractivity contribution in [1.82, 2.24) is 4.98 Å². The summed E-state index contributed by atoms with van der Waals surface area (Å²) in [6, 6.07) is 6.17. The average Bonchev–Trinajstić information content (AvgIpc) is 2.48. The highest BCUT2D eigenvalue weighted by Gasteiger charge is 2.19. The van der Waals surface area contributed by atoms with Crippen LogP contribution in [-0.2, 0) is 0 Å². The monoisotopic (exact) mass is 255 g/mol. The quantitative estimate of drug-likeness (QED) is 0.836. The Morgan fingerprint density at radius 3 is 2.74 bits per heavy atom. The lowest BCUT2D eigenvalue weighted by Crippen LogP contribution is -2.33. The summed E-state index contributed by atoms with van der Waals surface area (Å²) in [4.78, 5) is 6.74. The zero-order valence-corrected chi connectivity index (χ0v) is 11.5. The molecule has 3 nitrogen and oxygen atoms in total. The Morgan fingerprint density at radius 2 is 2.00 bits per heavy atom. The summed E-state index contributed by atoms with van der Waals surface area (Å²) in [6.07, 6.45) is 7.64. The number of hydrogen-bond donors (Lipinski definition) is 1. The van der Waals surface area contributed by atoms with Crippen molar-refractivity contribution in [2.24, 2.45) is 5.92 Å². The molecule has 0 saturated carbocycles. The first-order valence-electron chi connectivity index (χ1n) is 7.16. The lowest BCUT2D eigenvalue weighted by atomic mass is 9.93. The van der Waals surface area contributed by atoms with Crippen molar-refractivity contribution in [3.8, 4) is 0 Å². The van der Waals surface area contributed by atoms with E-state index in [2.05, 4.69) is 22.9 Å². The molecule has 0 spiro atoms. The summed E-state index contributed by atoms with van der Waals surface area (Å²) in [7, 11) is 0. The average molecular weight is 255 g/mol. The molecule has 1 saturated heterocycles. The van der Waals surface area contributed by atoms with Crippen LogP contribution in [0, 0.1) is 5.92 Å². The minimum atomic E-state index is 0.838. The molecule has 1 aromatic carbocycles. The molecule has 0 bridgehead atoms.